The highest BCUT2D eigenvalue weighted by Gasteiger charge is 2.07. The lowest BCUT2D eigenvalue weighted by Crippen LogP contribution is -2.01. The normalized spacial score (nSPS) is 10.2. The third kappa shape index (κ3) is 2.57. The fourth-order valence-electron chi connectivity index (χ4n) is 0.990. The van der Waals surface area contributed by atoms with Gasteiger partial charge >= 0.3 is 0 Å². The molecule has 0 fully saturated rings. The predicted octanol–water partition coefficient (Wildman–Crippen LogP) is 2.77. The Balaban J connectivity index is 2.92. The van der Waals surface area contributed by atoms with Crippen LogP contribution < -0.4 is 4.74 Å². The first-order valence-electron chi connectivity index (χ1n) is 3.72. The molecule has 0 bridgehead atoms. The summed E-state index contributed by atoms with van der Waals surface area (Å²) in [7, 11) is 1.51. The minimum Gasteiger partial charge on any atom is -0.466 e. The van der Waals surface area contributed by atoms with Gasteiger partial charge < -0.3 is 9.47 Å². The average molecular weight is 205 g/mol. The molecule has 0 amide bonds. The van der Waals surface area contributed by atoms with E-state index >= 15 is 0 Å². The van der Waals surface area contributed by atoms with Crippen LogP contribution in [0.1, 0.15) is 5.56 Å². The van der Waals surface area contributed by atoms with Crippen LogP contribution in [0.2, 0.25) is 5.02 Å². The summed E-state index contributed by atoms with van der Waals surface area (Å²) >= 11 is 5.75. The molecule has 0 spiro atoms. The molecule has 0 saturated carbocycles. The number of halogens is 2. The van der Waals surface area contributed by atoms with Crippen LogP contribution in [0, 0.1) is 12.7 Å². The Morgan fingerprint density at radius 1 is 1.46 bits per heavy atom. The van der Waals surface area contributed by atoms with Gasteiger partial charge in [-0.05, 0) is 24.6 Å². The van der Waals surface area contributed by atoms with Crippen LogP contribution in [0.5, 0.6) is 5.75 Å². The Hall–Kier alpha value is -0.800. The highest BCUT2D eigenvalue weighted by molar-refractivity contribution is 6.32. The van der Waals surface area contributed by atoms with Crippen LogP contribution in [0.3, 0.4) is 0 Å². The molecule has 0 heterocycles. The van der Waals surface area contributed by atoms with Gasteiger partial charge in [-0.15, -0.1) is 0 Å². The van der Waals surface area contributed by atoms with Crippen LogP contribution in [-0.4, -0.2) is 13.9 Å². The van der Waals surface area contributed by atoms with Crippen molar-refractivity contribution in [2.45, 2.75) is 6.92 Å². The van der Waals surface area contributed by atoms with Crippen molar-refractivity contribution in [3.05, 3.63) is 28.5 Å². The summed E-state index contributed by atoms with van der Waals surface area (Å²) in [6.45, 7) is 1.83. The van der Waals surface area contributed by atoms with E-state index in [4.69, 9.17) is 21.1 Å². The molecule has 1 aromatic rings. The highest BCUT2D eigenvalue weighted by atomic mass is 35.5. The maximum atomic E-state index is 12.8. The molecule has 0 N–H and O–H groups in total. The minimum absolute atomic E-state index is 0.103. The zero-order valence-corrected chi connectivity index (χ0v) is 8.19. The summed E-state index contributed by atoms with van der Waals surface area (Å²) in [6, 6.07) is 2.57. The van der Waals surface area contributed by atoms with Gasteiger partial charge in [-0.1, -0.05) is 11.6 Å². The number of benzene rings is 1. The van der Waals surface area contributed by atoms with Gasteiger partial charge in [-0.3, -0.25) is 0 Å². The second-order valence-electron chi connectivity index (χ2n) is 2.58. The van der Waals surface area contributed by atoms with E-state index in [-0.39, 0.29) is 17.6 Å². The topological polar surface area (TPSA) is 18.5 Å². The Kier molecular flexibility index (Phi) is 3.51. The summed E-state index contributed by atoms with van der Waals surface area (Å²) in [5.41, 5.74) is 0.655. The Labute approximate surface area is 81.2 Å². The van der Waals surface area contributed by atoms with Crippen molar-refractivity contribution >= 4 is 11.6 Å². The van der Waals surface area contributed by atoms with E-state index < -0.39 is 0 Å². The summed E-state index contributed by atoms with van der Waals surface area (Å²) < 4.78 is 22.6. The smallest absolute Gasteiger partial charge is 0.188 e. The maximum Gasteiger partial charge on any atom is 0.188 e. The van der Waals surface area contributed by atoms with Crippen LogP contribution in [0.25, 0.3) is 0 Å². The largest absolute Gasteiger partial charge is 0.466 e. The van der Waals surface area contributed by atoms with E-state index in [0.29, 0.717) is 11.3 Å². The first-order valence-corrected chi connectivity index (χ1v) is 4.10. The number of rotatable bonds is 3. The van der Waals surface area contributed by atoms with E-state index in [9.17, 15) is 4.39 Å². The molecular weight excluding hydrogens is 195 g/mol. The summed E-state index contributed by atoms with van der Waals surface area (Å²) in [5, 5.41) is 0.259. The fraction of sp³-hybridized carbons (Fsp3) is 0.333. The van der Waals surface area contributed by atoms with Gasteiger partial charge in [-0.2, -0.15) is 0 Å². The molecule has 13 heavy (non-hydrogen) atoms. The van der Waals surface area contributed by atoms with Gasteiger partial charge in [0.05, 0.1) is 5.02 Å². The Morgan fingerprint density at radius 2 is 2.15 bits per heavy atom. The molecule has 1 aromatic carbocycles. The van der Waals surface area contributed by atoms with E-state index in [0.717, 1.165) is 0 Å². The van der Waals surface area contributed by atoms with Gasteiger partial charge in [0, 0.05) is 7.11 Å². The predicted molar refractivity (Wildman–Crippen MR) is 48.7 cm³/mol. The minimum atomic E-state index is -0.368. The number of ether oxygens (including phenoxy) is 2. The van der Waals surface area contributed by atoms with Gasteiger partial charge in [0.2, 0.25) is 0 Å². The first kappa shape index (κ1) is 10.3. The lowest BCUT2D eigenvalue weighted by Gasteiger charge is -2.09. The van der Waals surface area contributed by atoms with Crippen molar-refractivity contribution in [1.82, 2.24) is 0 Å². The zero-order valence-electron chi connectivity index (χ0n) is 7.43. The SMILES string of the molecule is COCOc1c(C)cc(F)cc1Cl. The molecular formula is C9H10ClFO2. The van der Waals surface area contributed by atoms with Crippen LogP contribution in [0.4, 0.5) is 4.39 Å². The van der Waals surface area contributed by atoms with Crippen molar-refractivity contribution in [2.24, 2.45) is 0 Å². The molecule has 0 aliphatic heterocycles. The number of hydrogen-bond donors (Lipinski definition) is 0. The second-order valence-corrected chi connectivity index (χ2v) is 2.99. The third-order valence-electron chi connectivity index (χ3n) is 1.52. The van der Waals surface area contributed by atoms with Crippen LogP contribution in [-0.2, 0) is 4.74 Å². The molecule has 0 aliphatic rings. The lowest BCUT2D eigenvalue weighted by molar-refractivity contribution is 0.0506. The molecule has 0 saturated heterocycles. The third-order valence-corrected chi connectivity index (χ3v) is 1.80. The molecule has 0 atom stereocenters. The van der Waals surface area contributed by atoms with E-state index in [1.165, 1.54) is 19.2 Å². The van der Waals surface area contributed by atoms with Crippen molar-refractivity contribution in [2.75, 3.05) is 13.9 Å². The molecule has 72 valence electrons. The molecule has 2 nitrogen and oxygen atoms in total. The van der Waals surface area contributed by atoms with Crippen molar-refractivity contribution in [1.29, 1.82) is 0 Å². The van der Waals surface area contributed by atoms with Gasteiger partial charge in [0.15, 0.2) is 6.79 Å². The highest BCUT2D eigenvalue weighted by Crippen LogP contribution is 2.29. The van der Waals surface area contributed by atoms with Crippen molar-refractivity contribution in [3.8, 4) is 5.75 Å². The first-order chi connectivity index (χ1) is 6.15. The van der Waals surface area contributed by atoms with E-state index in [1.54, 1.807) is 6.92 Å². The maximum absolute atomic E-state index is 12.8. The Bertz CT molecular complexity index is 279. The molecule has 0 aromatic heterocycles. The van der Waals surface area contributed by atoms with Crippen molar-refractivity contribution < 1.29 is 13.9 Å². The van der Waals surface area contributed by atoms with Gasteiger partial charge in [-0.25, -0.2) is 4.39 Å². The number of hydrogen-bond acceptors (Lipinski definition) is 2. The van der Waals surface area contributed by atoms with Gasteiger partial charge in [0.25, 0.3) is 0 Å². The quantitative estimate of drug-likeness (QED) is 0.705. The molecule has 0 radical (unpaired) electrons. The number of aryl methyl sites for hydroxylation is 1. The summed E-state index contributed by atoms with van der Waals surface area (Å²) in [4.78, 5) is 0. The Morgan fingerprint density at radius 3 is 2.69 bits per heavy atom. The second kappa shape index (κ2) is 4.44. The summed E-state index contributed by atoms with van der Waals surface area (Å²) in [5.74, 6) is 0.0946. The monoisotopic (exact) mass is 204 g/mol. The fourth-order valence-corrected chi connectivity index (χ4v) is 1.30. The van der Waals surface area contributed by atoms with Crippen molar-refractivity contribution in [3.63, 3.8) is 0 Å². The summed E-state index contributed by atoms with van der Waals surface area (Å²) in [6.07, 6.45) is 0. The average Bonchev–Trinajstić information content (AvgIpc) is 2.02. The molecule has 1 rings (SSSR count). The zero-order chi connectivity index (χ0) is 9.84. The molecule has 0 aliphatic carbocycles. The molecule has 4 heteroatoms. The van der Waals surface area contributed by atoms with Gasteiger partial charge in [0.1, 0.15) is 11.6 Å². The standard InChI is InChI=1S/C9H10ClFO2/c1-6-3-7(11)4-8(10)9(6)13-5-12-2/h3-4H,5H2,1-2H3. The molecule has 0 unspecified atom stereocenters. The van der Waals surface area contributed by atoms with Crippen LogP contribution in [0.15, 0.2) is 12.1 Å². The van der Waals surface area contributed by atoms with E-state index in [1.807, 2.05) is 0 Å². The number of methoxy groups -OCH3 is 1. The van der Waals surface area contributed by atoms with E-state index in [2.05, 4.69) is 0 Å². The lowest BCUT2D eigenvalue weighted by atomic mass is 10.2. The van der Waals surface area contributed by atoms with Crippen LogP contribution >= 0.6 is 11.6 Å².